The number of rotatable bonds is 1. The van der Waals surface area contributed by atoms with E-state index >= 15 is 0 Å². The van der Waals surface area contributed by atoms with Gasteiger partial charge in [0.2, 0.25) is 0 Å². The molecule has 2 bridgehead atoms. The first-order valence-corrected chi connectivity index (χ1v) is 7.06. The summed E-state index contributed by atoms with van der Waals surface area (Å²) < 4.78 is 8.90. The number of fused-ring (bicyclic) bond motifs is 3. The number of H-pyrrole nitrogens is 1. The zero-order valence-electron chi connectivity index (χ0n) is 9.73. The van der Waals surface area contributed by atoms with Crippen LogP contribution in [0.1, 0.15) is 25.3 Å². The lowest BCUT2D eigenvalue weighted by molar-refractivity contribution is 0.0941. The van der Waals surface area contributed by atoms with Crippen molar-refractivity contribution >= 4 is 34.9 Å². The molecule has 0 spiro atoms. The van der Waals surface area contributed by atoms with E-state index in [1.54, 1.807) is 0 Å². The molecule has 3 nitrogen and oxygen atoms in total. The fourth-order valence-electron chi connectivity index (χ4n) is 3.31. The fraction of sp³-hybridized carbons (Fsp3) is 0.462. The van der Waals surface area contributed by atoms with Crippen LogP contribution in [0.25, 0.3) is 11.0 Å². The normalized spacial score (nSPS) is 30.4. The topological polar surface area (TPSA) is 29.9 Å². The lowest BCUT2D eigenvalue weighted by Crippen LogP contribution is -2.20. The Morgan fingerprint density at radius 2 is 2.28 bits per heavy atom. The molecule has 94 valence electrons. The van der Waals surface area contributed by atoms with Gasteiger partial charge < -0.3 is 14.3 Å². The maximum Gasteiger partial charge on any atom is 0.178 e. The summed E-state index contributed by atoms with van der Waals surface area (Å²) in [5.74, 6) is 0. The summed E-state index contributed by atoms with van der Waals surface area (Å²) in [5, 5.41) is 0.745. The highest BCUT2D eigenvalue weighted by Crippen LogP contribution is 2.43. The third-order valence-corrected chi connectivity index (χ3v) is 4.62. The molecule has 5 heteroatoms. The predicted octanol–water partition coefficient (Wildman–Crippen LogP) is 3.84. The van der Waals surface area contributed by atoms with Gasteiger partial charge in [-0.2, -0.15) is 0 Å². The van der Waals surface area contributed by atoms with Gasteiger partial charge in [-0.1, -0.05) is 11.6 Å². The van der Waals surface area contributed by atoms with Gasteiger partial charge >= 0.3 is 0 Å². The molecule has 2 aliphatic rings. The second kappa shape index (κ2) is 3.83. The number of hydrogen-bond donors (Lipinski definition) is 1. The van der Waals surface area contributed by atoms with Crippen molar-refractivity contribution in [2.45, 2.75) is 37.5 Å². The standard InChI is InChI=1S/C13H13ClN2OS/c14-7-1-3-9-10(5-7)16(13(18)15-9)11-6-8-2-4-12(11)17-8/h1,3,5,8,11-12H,2,4,6H2,(H,15,18). The zero-order chi connectivity index (χ0) is 12.3. The van der Waals surface area contributed by atoms with Crippen LogP contribution in [0.2, 0.25) is 5.02 Å². The molecule has 1 aromatic heterocycles. The molecule has 3 heterocycles. The van der Waals surface area contributed by atoms with Crippen LogP contribution in [-0.2, 0) is 4.74 Å². The maximum absolute atomic E-state index is 6.09. The lowest BCUT2D eigenvalue weighted by Gasteiger charge is -2.21. The van der Waals surface area contributed by atoms with Crippen molar-refractivity contribution in [3.63, 3.8) is 0 Å². The Labute approximate surface area is 115 Å². The van der Waals surface area contributed by atoms with Gasteiger partial charge in [-0.15, -0.1) is 0 Å². The van der Waals surface area contributed by atoms with Crippen LogP contribution in [-0.4, -0.2) is 21.8 Å². The number of halogens is 1. The largest absolute Gasteiger partial charge is 0.373 e. The molecule has 18 heavy (non-hydrogen) atoms. The highest BCUT2D eigenvalue weighted by atomic mass is 35.5. The van der Waals surface area contributed by atoms with Crippen molar-refractivity contribution < 1.29 is 4.74 Å². The van der Waals surface area contributed by atoms with Crippen molar-refractivity contribution in [3.05, 3.63) is 28.0 Å². The molecule has 4 rings (SSSR count). The summed E-state index contributed by atoms with van der Waals surface area (Å²) >= 11 is 11.6. The van der Waals surface area contributed by atoms with Gasteiger partial charge in [0.25, 0.3) is 0 Å². The smallest absolute Gasteiger partial charge is 0.178 e. The Balaban J connectivity index is 1.91. The quantitative estimate of drug-likeness (QED) is 0.804. The van der Waals surface area contributed by atoms with Crippen LogP contribution < -0.4 is 0 Å². The van der Waals surface area contributed by atoms with Crippen LogP contribution in [0.3, 0.4) is 0 Å². The Hall–Kier alpha value is -0.840. The van der Waals surface area contributed by atoms with E-state index < -0.39 is 0 Å². The van der Waals surface area contributed by atoms with Crippen molar-refractivity contribution in [2.24, 2.45) is 0 Å². The summed E-state index contributed by atoms with van der Waals surface area (Å²) in [6.07, 6.45) is 4.14. The molecular weight excluding hydrogens is 268 g/mol. The predicted molar refractivity (Wildman–Crippen MR) is 73.7 cm³/mol. The molecule has 0 saturated carbocycles. The van der Waals surface area contributed by atoms with Crippen molar-refractivity contribution in [1.29, 1.82) is 0 Å². The zero-order valence-corrected chi connectivity index (χ0v) is 11.3. The molecule has 2 aliphatic heterocycles. The average molecular weight is 281 g/mol. The van der Waals surface area contributed by atoms with Crippen molar-refractivity contribution in [1.82, 2.24) is 9.55 Å². The fourth-order valence-corrected chi connectivity index (χ4v) is 3.82. The third kappa shape index (κ3) is 1.49. The van der Waals surface area contributed by atoms with Gasteiger partial charge in [-0.3, -0.25) is 0 Å². The SMILES string of the molecule is S=c1[nH]c2ccc(Cl)cc2n1C1CC2CCC1O2. The lowest BCUT2D eigenvalue weighted by atomic mass is 9.95. The van der Waals surface area contributed by atoms with E-state index in [4.69, 9.17) is 28.6 Å². The Kier molecular flexibility index (Phi) is 2.34. The minimum Gasteiger partial charge on any atom is -0.373 e. The maximum atomic E-state index is 6.09. The van der Waals surface area contributed by atoms with Crippen LogP contribution in [0.4, 0.5) is 0 Å². The molecule has 0 radical (unpaired) electrons. The van der Waals surface area contributed by atoms with Gasteiger partial charge in [-0.25, -0.2) is 0 Å². The van der Waals surface area contributed by atoms with Crippen LogP contribution in [0, 0.1) is 4.77 Å². The number of hydrogen-bond acceptors (Lipinski definition) is 2. The summed E-state index contributed by atoms with van der Waals surface area (Å²) in [6, 6.07) is 6.22. The van der Waals surface area contributed by atoms with E-state index in [2.05, 4.69) is 9.55 Å². The minimum atomic E-state index is 0.319. The van der Waals surface area contributed by atoms with E-state index in [1.807, 2.05) is 18.2 Å². The number of nitrogens with zero attached hydrogens (tertiary/aromatic N) is 1. The average Bonchev–Trinajstić information content (AvgIpc) is 3.01. The second-order valence-electron chi connectivity index (χ2n) is 5.14. The molecule has 0 amide bonds. The van der Waals surface area contributed by atoms with Crippen LogP contribution >= 0.6 is 23.8 Å². The van der Waals surface area contributed by atoms with E-state index in [-0.39, 0.29) is 0 Å². The number of imidazole rings is 1. The highest BCUT2D eigenvalue weighted by molar-refractivity contribution is 7.71. The van der Waals surface area contributed by atoms with Gasteiger partial charge in [0.15, 0.2) is 4.77 Å². The van der Waals surface area contributed by atoms with Crippen molar-refractivity contribution in [3.8, 4) is 0 Å². The second-order valence-corrected chi connectivity index (χ2v) is 5.96. The van der Waals surface area contributed by atoms with Crippen LogP contribution in [0.15, 0.2) is 18.2 Å². The molecule has 3 unspecified atom stereocenters. The summed E-state index contributed by atoms with van der Waals surface area (Å²) in [7, 11) is 0. The number of aromatic amines is 1. The van der Waals surface area contributed by atoms with Crippen molar-refractivity contribution in [2.75, 3.05) is 0 Å². The summed E-state index contributed by atoms with van der Waals surface area (Å²) in [6.45, 7) is 0. The summed E-state index contributed by atoms with van der Waals surface area (Å²) in [5.41, 5.74) is 2.14. The number of nitrogens with one attached hydrogen (secondary N) is 1. The summed E-state index contributed by atoms with van der Waals surface area (Å²) in [4.78, 5) is 3.25. The number of aromatic nitrogens is 2. The van der Waals surface area contributed by atoms with E-state index in [0.717, 1.165) is 33.7 Å². The number of ether oxygens (including phenoxy) is 1. The molecular formula is C13H13ClN2OS. The minimum absolute atomic E-state index is 0.319. The molecule has 2 saturated heterocycles. The van der Waals surface area contributed by atoms with Gasteiger partial charge in [0, 0.05) is 5.02 Å². The highest BCUT2D eigenvalue weighted by Gasteiger charge is 2.42. The number of benzene rings is 1. The van der Waals surface area contributed by atoms with E-state index in [1.165, 1.54) is 6.42 Å². The van der Waals surface area contributed by atoms with Gasteiger partial charge in [-0.05, 0) is 49.7 Å². The molecule has 2 aromatic rings. The molecule has 0 aliphatic carbocycles. The van der Waals surface area contributed by atoms with Gasteiger partial charge in [0.05, 0.1) is 29.3 Å². The first-order chi connectivity index (χ1) is 8.72. The third-order valence-electron chi connectivity index (χ3n) is 4.09. The molecule has 1 aromatic carbocycles. The van der Waals surface area contributed by atoms with Crippen LogP contribution in [0.5, 0.6) is 0 Å². The first kappa shape index (κ1) is 11.0. The monoisotopic (exact) mass is 280 g/mol. The molecule has 2 fully saturated rings. The Morgan fingerprint density at radius 3 is 3.00 bits per heavy atom. The van der Waals surface area contributed by atoms with Gasteiger partial charge in [0.1, 0.15) is 0 Å². The molecule has 3 atom stereocenters. The Morgan fingerprint density at radius 1 is 1.39 bits per heavy atom. The van der Waals surface area contributed by atoms with E-state index in [9.17, 15) is 0 Å². The Bertz CT molecular complexity index is 677. The first-order valence-electron chi connectivity index (χ1n) is 6.27. The van der Waals surface area contributed by atoms with E-state index in [0.29, 0.717) is 18.2 Å². The molecule has 1 N–H and O–H groups in total.